The molecule has 1 atom stereocenters. The van der Waals surface area contributed by atoms with Crippen molar-refractivity contribution in [1.29, 1.82) is 0 Å². The van der Waals surface area contributed by atoms with E-state index in [9.17, 15) is 10.1 Å². The Morgan fingerprint density at radius 1 is 1.31 bits per heavy atom. The summed E-state index contributed by atoms with van der Waals surface area (Å²) in [5, 5.41) is 24.0. The van der Waals surface area contributed by atoms with Gasteiger partial charge in [0.1, 0.15) is 18.1 Å². The van der Waals surface area contributed by atoms with Gasteiger partial charge in [-0.2, -0.15) is 5.10 Å². The van der Waals surface area contributed by atoms with Gasteiger partial charge in [0.2, 0.25) is 0 Å². The van der Waals surface area contributed by atoms with E-state index in [1.165, 1.54) is 28.8 Å². The average molecular weight is 414 g/mol. The van der Waals surface area contributed by atoms with E-state index in [2.05, 4.69) is 27.9 Å². The van der Waals surface area contributed by atoms with Crippen molar-refractivity contribution in [3.63, 3.8) is 0 Å². The molecule has 0 saturated heterocycles. The molecule has 2 aromatic heterocycles. The Labute approximate surface area is 172 Å². The first-order valence-corrected chi connectivity index (χ1v) is 9.94. The molecule has 0 aliphatic carbocycles. The molecule has 0 radical (unpaired) electrons. The maximum atomic E-state index is 10.8. The first-order chi connectivity index (χ1) is 13.9. The Hall–Kier alpha value is -3.14. The van der Waals surface area contributed by atoms with E-state index < -0.39 is 4.92 Å². The predicted octanol–water partition coefficient (Wildman–Crippen LogP) is 4.08. The van der Waals surface area contributed by atoms with Gasteiger partial charge in [0.25, 0.3) is 0 Å². The highest BCUT2D eigenvalue weighted by molar-refractivity contribution is 7.98. The van der Waals surface area contributed by atoms with Crippen LogP contribution in [0.3, 0.4) is 0 Å². The lowest BCUT2D eigenvalue weighted by molar-refractivity contribution is -0.385. The van der Waals surface area contributed by atoms with Crippen LogP contribution in [0.5, 0.6) is 5.75 Å². The van der Waals surface area contributed by atoms with Crippen LogP contribution in [0.4, 0.5) is 5.69 Å². The van der Waals surface area contributed by atoms with Gasteiger partial charge in [-0.3, -0.25) is 19.4 Å². The largest absolute Gasteiger partial charge is 0.483 e. The normalized spacial score (nSPS) is 12.0. The quantitative estimate of drug-likeness (QED) is 0.225. The molecule has 1 aromatic carbocycles. The Balaban J connectivity index is 1.76. The molecule has 9 nitrogen and oxygen atoms in total. The highest BCUT2D eigenvalue weighted by Gasteiger charge is 2.20. The van der Waals surface area contributed by atoms with E-state index in [0.717, 1.165) is 16.9 Å². The van der Waals surface area contributed by atoms with Crippen LogP contribution in [0.25, 0.3) is 0 Å². The van der Waals surface area contributed by atoms with E-state index in [0.29, 0.717) is 23.4 Å². The first kappa shape index (κ1) is 20.6. The summed E-state index contributed by atoms with van der Waals surface area (Å²) in [5.74, 6) is 1.83. The molecule has 0 spiro atoms. The fraction of sp³-hybridized carbons (Fsp3) is 0.316. The summed E-state index contributed by atoms with van der Waals surface area (Å²) in [5.41, 5.74) is 2.21. The zero-order valence-electron chi connectivity index (χ0n) is 16.5. The lowest BCUT2D eigenvalue weighted by atomic mass is 10.1. The van der Waals surface area contributed by atoms with Crippen molar-refractivity contribution in [3.05, 3.63) is 70.3 Å². The van der Waals surface area contributed by atoms with Crippen molar-refractivity contribution >= 4 is 17.4 Å². The highest BCUT2D eigenvalue weighted by Crippen LogP contribution is 2.26. The van der Waals surface area contributed by atoms with Crippen LogP contribution in [-0.2, 0) is 12.4 Å². The number of benzene rings is 1. The molecule has 0 saturated carbocycles. The maximum Gasteiger partial charge on any atom is 0.307 e. The van der Waals surface area contributed by atoms with Crippen LogP contribution < -0.4 is 4.74 Å². The molecule has 3 rings (SSSR count). The second kappa shape index (κ2) is 8.91. The van der Waals surface area contributed by atoms with Crippen LogP contribution in [0.1, 0.15) is 30.0 Å². The van der Waals surface area contributed by atoms with Crippen molar-refractivity contribution in [2.75, 3.05) is 0 Å². The van der Waals surface area contributed by atoms with Crippen LogP contribution in [-0.4, -0.2) is 29.5 Å². The molecular formula is C19H22N6O3S. The number of thioether (sulfide) groups is 1. The number of ether oxygens (including phenoxy) is 1. The number of aromatic nitrogens is 5. The van der Waals surface area contributed by atoms with Crippen LogP contribution >= 0.6 is 11.8 Å². The fourth-order valence-corrected chi connectivity index (χ4v) is 3.72. The number of allylic oxidation sites excluding steroid dienone is 1. The summed E-state index contributed by atoms with van der Waals surface area (Å²) < 4.78 is 9.51. The fourth-order valence-electron chi connectivity index (χ4n) is 2.91. The maximum absolute atomic E-state index is 10.8. The zero-order valence-corrected chi connectivity index (χ0v) is 17.3. The molecule has 3 aromatic rings. The molecule has 0 aliphatic heterocycles. The van der Waals surface area contributed by atoms with E-state index in [1.54, 1.807) is 6.08 Å². The Morgan fingerprint density at radius 2 is 2.03 bits per heavy atom. The lowest BCUT2D eigenvalue weighted by Gasteiger charge is -2.16. The molecule has 1 unspecified atom stereocenters. The van der Waals surface area contributed by atoms with E-state index in [4.69, 9.17) is 4.74 Å². The lowest BCUT2D eigenvalue weighted by Crippen LogP contribution is -2.12. The third-order valence-electron chi connectivity index (χ3n) is 4.09. The summed E-state index contributed by atoms with van der Waals surface area (Å²) >= 11 is 1.38. The number of hydrogen-bond donors (Lipinski definition) is 0. The molecule has 0 N–H and O–H groups in total. The second-order valence-corrected chi connectivity index (χ2v) is 7.50. The molecule has 29 heavy (non-hydrogen) atoms. The Bertz CT molecular complexity index is 1010. The number of nitrogens with zero attached hydrogens (tertiary/aromatic N) is 6. The van der Waals surface area contributed by atoms with Crippen molar-refractivity contribution in [1.82, 2.24) is 24.5 Å². The molecule has 0 aliphatic rings. The van der Waals surface area contributed by atoms with Crippen LogP contribution in [0.2, 0.25) is 0 Å². The van der Waals surface area contributed by atoms with E-state index in [-0.39, 0.29) is 11.8 Å². The average Bonchev–Trinajstić information content (AvgIpc) is 3.26. The van der Waals surface area contributed by atoms with Gasteiger partial charge >= 0.3 is 5.69 Å². The molecule has 0 fully saturated rings. The SMILES string of the molecule is C=CCn1c(SCn2cc([N+](=O)[O-])cn2)nnc1C(C)Oc1cc(C)cc(C)c1. The minimum absolute atomic E-state index is 0.0469. The molecule has 152 valence electrons. The summed E-state index contributed by atoms with van der Waals surface area (Å²) in [7, 11) is 0. The summed E-state index contributed by atoms with van der Waals surface area (Å²) in [6.07, 6.45) is 4.05. The third-order valence-corrected chi connectivity index (χ3v) is 5.04. The Kier molecular flexibility index (Phi) is 6.32. The molecular weight excluding hydrogens is 392 g/mol. The van der Waals surface area contributed by atoms with E-state index in [1.807, 2.05) is 37.5 Å². The summed E-state index contributed by atoms with van der Waals surface area (Å²) in [6, 6.07) is 6.06. The van der Waals surface area contributed by atoms with Crippen molar-refractivity contribution in [2.24, 2.45) is 0 Å². The molecule has 10 heteroatoms. The minimum Gasteiger partial charge on any atom is -0.483 e. The number of aryl methyl sites for hydroxylation is 2. The van der Waals surface area contributed by atoms with Gasteiger partial charge in [0, 0.05) is 6.54 Å². The van der Waals surface area contributed by atoms with Gasteiger partial charge in [-0.25, -0.2) is 0 Å². The van der Waals surface area contributed by atoms with Crippen molar-refractivity contribution in [2.45, 2.75) is 44.5 Å². The topological polar surface area (TPSA) is 101 Å². The minimum atomic E-state index is -0.474. The molecule has 0 amide bonds. The predicted molar refractivity (Wildman–Crippen MR) is 110 cm³/mol. The van der Waals surface area contributed by atoms with Crippen molar-refractivity contribution < 1.29 is 9.66 Å². The molecule has 0 bridgehead atoms. The standard InChI is InChI=1S/C19H22N6O3S/c1-5-6-24-18(15(4)28-17-8-13(2)7-14(3)9-17)21-22-19(24)29-12-23-11-16(10-20-23)25(26)27/h5,7-11,15H,1,6,12H2,2-4H3. The number of rotatable bonds is 9. The zero-order chi connectivity index (χ0) is 21.0. The number of hydrogen-bond acceptors (Lipinski definition) is 7. The van der Waals surface area contributed by atoms with E-state index >= 15 is 0 Å². The Morgan fingerprint density at radius 3 is 2.66 bits per heavy atom. The van der Waals surface area contributed by atoms with Gasteiger partial charge in [0.05, 0.1) is 10.8 Å². The first-order valence-electron chi connectivity index (χ1n) is 8.96. The van der Waals surface area contributed by atoms with Crippen molar-refractivity contribution in [3.8, 4) is 5.75 Å². The number of nitro groups is 1. The van der Waals surface area contributed by atoms with Gasteiger partial charge in [0.15, 0.2) is 17.1 Å². The van der Waals surface area contributed by atoms with Crippen LogP contribution in [0, 0.1) is 24.0 Å². The summed E-state index contributed by atoms with van der Waals surface area (Å²) in [4.78, 5) is 10.3. The van der Waals surface area contributed by atoms with Crippen LogP contribution in [0.15, 0.2) is 48.4 Å². The van der Waals surface area contributed by atoms with Gasteiger partial charge < -0.3 is 4.74 Å². The van der Waals surface area contributed by atoms with Gasteiger partial charge in [-0.05, 0) is 44.0 Å². The third kappa shape index (κ3) is 5.02. The van der Waals surface area contributed by atoms with Gasteiger partial charge in [-0.1, -0.05) is 23.9 Å². The molecule has 2 heterocycles. The smallest absolute Gasteiger partial charge is 0.307 e. The summed E-state index contributed by atoms with van der Waals surface area (Å²) in [6.45, 7) is 10.3. The second-order valence-electron chi connectivity index (χ2n) is 6.59. The highest BCUT2D eigenvalue weighted by atomic mass is 32.2. The monoisotopic (exact) mass is 414 g/mol. The van der Waals surface area contributed by atoms with Gasteiger partial charge in [-0.15, -0.1) is 16.8 Å².